The van der Waals surface area contributed by atoms with E-state index < -0.39 is 0 Å². The largest absolute Gasteiger partial charge is 0.497 e. The van der Waals surface area contributed by atoms with E-state index in [1.165, 1.54) is 4.90 Å². The van der Waals surface area contributed by atoms with Gasteiger partial charge in [0.2, 0.25) is 5.91 Å². The number of benzene rings is 2. The minimum Gasteiger partial charge on any atom is -0.497 e. The summed E-state index contributed by atoms with van der Waals surface area (Å²) < 4.78 is 5.15. The van der Waals surface area contributed by atoms with Crippen LogP contribution >= 0.6 is 0 Å². The van der Waals surface area contributed by atoms with Gasteiger partial charge in [-0.2, -0.15) is 0 Å². The van der Waals surface area contributed by atoms with E-state index in [1.54, 1.807) is 25.3 Å². The van der Waals surface area contributed by atoms with Crippen LogP contribution in [-0.2, 0) is 17.8 Å². The average Bonchev–Trinajstić information content (AvgIpc) is 2.52. The molecule has 2 amide bonds. The van der Waals surface area contributed by atoms with Crippen molar-refractivity contribution in [2.24, 2.45) is 0 Å². The second-order valence-electron chi connectivity index (χ2n) is 4.97. The first kappa shape index (κ1) is 13.4. The van der Waals surface area contributed by atoms with E-state index in [2.05, 4.69) is 0 Å². The third-order valence-corrected chi connectivity index (χ3v) is 3.62. The molecule has 0 spiro atoms. The second-order valence-corrected chi connectivity index (χ2v) is 4.97. The van der Waals surface area contributed by atoms with E-state index in [-0.39, 0.29) is 18.2 Å². The zero-order valence-corrected chi connectivity index (χ0v) is 11.7. The van der Waals surface area contributed by atoms with Gasteiger partial charge in [-0.1, -0.05) is 36.4 Å². The molecule has 0 aliphatic carbocycles. The first-order valence-electron chi connectivity index (χ1n) is 6.74. The number of imide groups is 1. The van der Waals surface area contributed by atoms with Crippen LogP contribution in [0.4, 0.5) is 0 Å². The predicted octanol–water partition coefficient (Wildman–Crippen LogP) is 2.42. The summed E-state index contributed by atoms with van der Waals surface area (Å²) in [6.45, 7) is 0.301. The maximum Gasteiger partial charge on any atom is 0.261 e. The molecular formula is C17H15NO3. The third kappa shape index (κ3) is 2.52. The number of nitrogens with zero attached hydrogens (tertiary/aromatic N) is 1. The lowest BCUT2D eigenvalue weighted by molar-refractivity contribution is -0.128. The number of rotatable bonds is 3. The highest BCUT2D eigenvalue weighted by molar-refractivity contribution is 6.09. The first-order chi connectivity index (χ1) is 10.2. The number of ether oxygens (including phenoxy) is 1. The van der Waals surface area contributed by atoms with Gasteiger partial charge < -0.3 is 4.74 Å². The van der Waals surface area contributed by atoms with Gasteiger partial charge in [0.05, 0.1) is 20.1 Å². The van der Waals surface area contributed by atoms with Crippen molar-refractivity contribution in [3.8, 4) is 5.75 Å². The Hall–Kier alpha value is -2.62. The van der Waals surface area contributed by atoms with Crippen LogP contribution in [0.1, 0.15) is 21.5 Å². The number of carbonyl (C=O) groups is 2. The lowest BCUT2D eigenvalue weighted by Gasteiger charge is -2.27. The van der Waals surface area contributed by atoms with Crippen molar-refractivity contribution >= 4 is 11.8 Å². The van der Waals surface area contributed by atoms with Crippen LogP contribution in [0.2, 0.25) is 0 Å². The normalized spacial score (nSPS) is 14.0. The third-order valence-electron chi connectivity index (χ3n) is 3.62. The van der Waals surface area contributed by atoms with Crippen LogP contribution in [0.3, 0.4) is 0 Å². The molecule has 1 heterocycles. The molecule has 4 heteroatoms. The molecule has 4 nitrogen and oxygen atoms in total. The fraction of sp³-hybridized carbons (Fsp3) is 0.176. The van der Waals surface area contributed by atoms with Crippen LogP contribution in [0, 0.1) is 0 Å². The fourth-order valence-corrected chi connectivity index (χ4v) is 2.48. The van der Waals surface area contributed by atoms with Gasteiger partial charge in [0.1, 0.15) is 5.75 Å². The van der Waals surface area contributed by atoms with Crippen LogP contribution in [0.15, 0.2) is 48.5 Å². The summed E-state index contributed by atoms with van der Waals surface area (Å²) in [4.78, 5) is 26.1. The smallest absolute Gasteiger partial charge is 0.261 e. The standard InChI is InChI=1S/C17H15NO3/c1-21-14-8-7-13-9-16(19)18(17(20)15(13)10-14)11-12-5-3-2-4-6-12/h2-8,10H,9,11H2,1H3. The van der Waals surface area contributed by atoms with Crippen molar-refractivity contribution in [2.75, 3.05) is 7.11 Å². The van der Waals surface area contributed by atoms with Gasteiger partial charge in [0, 0.05) is 5.56 Å². The van der Waals surface area contributed by atoms with E-state index in [4.69, 9.17) is 4.74 Å². The number of fused-ring (bicyclic) bond motifs is 1. The monoisotopic (exact) mass is 281 g/mol. The summed E-state index contributed by atoms with van der Waals surface area (Å²) in [5.74, 6) is 0.196. The Bertz CT molecular complexity index is 694. The summed E-state index contributed by atoms with van der Waals surface area (Å²) in [6.07, 6.45) is 0.248. The molecule has 0 saturated heterocycles. The van der Waals surface area contributed by atoms with Gasteiger partial charge in [0.25, 0.3) is 5.91 Å². The Morgan fingerprint density at radius 3 is 2.57 bits per heavy atom. The van der Waals surface area contributed by atoms with Gasteiger partial charge in [-0.05, 0) is 23.3 Å². The molecule has 0 radical (unpaired) electrons. The molecule has 1 aliphatic rings. The van der Waals surface area contributed by atoms with E-state index >= 15 is 0 Å². The highest BCUT2D eigenvalue weighted by atomic mass is 16.5. The number of carbonyl (C=O) groups excluding carboxylic acids is 2. The first-order valence-corrected chi connectivity index (χ1v) is 6.74. The van der Waals surface area contributed by atoms with Crippen LogP contribution in [0.5, 0.6) is 5.75 Å². The van der Waals surface area contributed by atoms with E-state index in [1.807, 2.05) is 30.3 Å². The molecule has 0 aromatic heterocycles. The van der Waals surface area contributed by atoms with E-state index in [0.29, 0.717) is 17.9 Å². The van der Waals surface area contributed by atoms with Crippen molar-refractivity contribution in [2.45, 2.75) is 13.0 Å². The zero-order chi connectivity index (χ0) is 14.8. The van der Waals surface area contributed by atoms with Gasteiger partial charge in [0.15, 0.2) is 0 Å². The molecule has 3 rings (SSSR count). The lowest BCUT2D eigenvalue weighted by atomic mass is 9.97. The van der Waals surface area contributed by atoms with Crippen LogP contribution in [0.25, 0.3) is 0 Å². The Kier molecular flexibility index (Phi) is 3.44. The summed E-state index contributed by atoms with van der Waals surface area (Å²) in [7, 11) is 1.56. The highest BCUT2D eigenvalue weighted by Gasteiger charge is 2.31. The molecular weight excluding hydrogens is 266 g/mol. The lowest BCUT2D eigenvalue weighted by Crippen LogP contribution is -2.41. The van der Waals surface area contributed by atoms with Gasteiger partial charge in [-0.3, -0.25) is 14.5 Å². The van der Waals surface area contributed by atoms with E-state index in [0.717, 1.165) is 11.1 Å². The van der Waals surface area contributed by atoms with Gasteiger partial charge in [-0.25, -0.2) is 0 Å². The molecule has 0 atom stereocenters. The van der Waals surface area contributed by atoms with Crippen molar-refractivity contribution < 1.29 is 14.3 Å². The Morgan fingerprint density at radius 1 is 1.10 bits per heavy atom. The molecule has 0 fully saturated rings. The Labute approximate surface area is 123 Å². The SMILES string of the molecule is COc1ccc2c(c1)C(=O)N(Cc1ccccc1)C(=O)C2. The maximum atomic E-state index is 12.5. The van der Waals surface area contributed by atoms with Gasteiger partial charge >= 0.3 is 0 Å². The summed E-state index contributed by atoms with van der Waals surface area (Å²) >= 11 is 0. The summed E-state index contributed by atoms with van der Waals surface area (Å²) in [5, 5.41) is 0. The quantitative estimate of drug-likeness (QED) is 0.812. The zero-order valence-electron chi connectivity index (χ0n) is 11.7. The molecule has 1 aliphatic heterocycles. The molecule has 106 valence electrons. The molecule has 0 unspecified atom stereocenters. The second kappa shape index (κ2) is 5.40. The minimum atomic E-state index is -0.260. The topological polar surface area (TPSA) is 46.6 Å². The van der Waals surface area contributed by atoms with Crippen molar-refractivity contribution in [3.63, 3.8) is 0 Å². The molecule has 0 N–H and O–H groups in total. The van der Waals surface area contributed by atoms with Gasteiger partial charge in [-0.15, -0.1) is 0 Å². The summed E-state index contributed by atoms with van der Waals surface area (Å²) in [6, 6.07) is 14.8. The van der Waals surface area contributed by atoms with E-state index in [9.17, 15) is 9.59 Å². The Morgan fingerprint density at radius 2 is 1.86 bits per heavy atom. The number of amides is 2. The maximum absolute atomic E-state index is 12.5. The Balaban J connectivity index is 1.93. The molecule has 0 saturated carbocycles. The number of methoxy groups -OCH3 is 1. The molecule has 0 bridgehead atoms. The van der Waals surface area contributed by atoms with Crippen LogP contribution < -0.4 is 4.74 Å². The molecule has 2 aromatic carbocycles. The van der Waals surface area contributed by atoms with Crippen molar-refractivity contribution in [1.29, 1.82) is 0 Å². The number of hydrogen-bond acceptors (Lipinski definition) is 3. The van der Waals surface area contributed by atoms with Crippen molar-refractivity contribution in [3.05, 3.63) is 65.2 Å². The number of hydrogen-bond donors (Lipinski definition) is 0. The van der Waals surface area contributed by atoms with Crippen molar-refractivity contribution in [1.82, 2.24) is 4.90 Å². The highest BCUT2D eigenvalue weighted by Crippen LogP contribution is 2.25. The summed E-state index contributed by atoms with van der Waals surface area (Å²) in [5.41, 5.74) is 2.24. The fourth-order valence-electron chi connectivity index (χ4n) is 2.48. The predicted molar refractivity (Wildman–Crippen MR) is 78.0 cm³/mol. The average molecular weight is 281 g/mol. The molecule has 2 aromatic rings. The molecule has 21 heavy (non-hydrogen) atoms. The van der Waals surface area contributed by atoms with Crippen LogP contribution in [-0.4, -0.2) is 23.8 Å². The minimum absolute atomic E-state index is 0.165.